The molecule has 1 saturated carbocycles. The van der Waals surface area contributed by atoms with Crippen molar-refractivity contribution in [2.75, 3.05) is 0 Å². The van der Waals surface area contributed by atoms with Crippen LogP contribution in [0, 0.1) is 11.8 Å². The molecule has 3 nitrogen and oxygen atoms in total. The highest BCUT2D eigenvalue weighted by Gasteiger charge is 2.48. The molecule has 6 rings (SSSR count). The van der Waals surface area contributed by atoms with Crippen molar-refractivity contribution in [2.24, 2.45) is 11.8 Å². The van der Waals surface area contributed by atoms with Gasteiger partial charge in [-0.1, -0.05) is 103 Å². The molecule has 2 bridgehead atoms. The lowest BCUT2D eigenvalue weighted by Gasteiger charge is -2.38. The van der Waals surface area contributed by atoms with Gasteiger partial charge in [-0.05, 0) is 55.7 Å². The third-order valence-electron chi connectivity index (χ3n) is 7.97. The van der Waals surface area contributed by atoms with Gasteiger partial charge in [0.2, 0.25) is 0 Å². The quantitative estimate of drug-likeness (QED) is 0.234. The van der Waals surface area contributed by atoms with Gasteiger partial charge in [-0.2, -0.15) is 0 Å². The minimum absolute atomic E-state index is 0.422. The first-order valence-corrected chi connectivity index (χ1v) is 14.5. The number of nitrogens with zero attached hydrogens (tertiary/aromatic N) is 2. The number of imidazole rings is 1. The van der Waals surface area contributed by atoms with E-state index in [-0.39, 0.29) is 0 Å². The highest BCUT2D eigenvalue weighted by atomic mass is 31.1. The smallest absolute Gasteiger partial charge is 0.122 e. The van der Waals surface area contributed by atoms with Crippen LogP contribution in [0.25, 0.3) is 0 Å². The number of allylic oxidation sites excluding steroid dienone is 2. The zero-order valence-corrected chi connectivity index (χ0v) is 21.8. The summed E-state index contributed by atoms with van der Waals surface area (Å²) in [6.07, 6.45) is 9.09. The summed E-state index contributed by atoms with van der Waals surface area (Å²) in [6, 6.07) is 33.6. The molecule has 0 radical (unpaired) electrons. The normalized spacial score (nSPS) is 21.6. The first-order chi connectivity index (χ1) is 17.8. The van der Waals surface area contributed by atoms with Crippen LogP contribution in [0.15, 0.2) is 115 Å². The lowest BCUT2D eigenvalue weighted by molar-refractivity contribution is 0.297. The summed E-state index contributed by atoms with van der Waals surface area (Å²) >= 11 is 0. The van der Waals surface area contributed by atoms with Gasteiger partial charge in [-0.15, -0.1) is 0 Å². The third-order valence-corrected chi connectivity index (χ3v) is 10.9. The zero-order chi connectivity index (χ0) is 24.3. The summed E-state index contributed by atoms with van der Waals surface area (Å²) in [7, 11) is -0.463. The predicted molar refractivity (Wildman–Crippen MR) is 151 cm³/mol. The Labute approximate surface area is 216 Å². The average molecular weight is 492 g/mol. The van der Waals surface area contributed by atoms with Crippen molar-refractivity contribution in [3.05, 3.63) is 126 Å². The third kappa shape index (κ3) is 4.71. The van der Waals surface area contributed by atoms with Crippen molar-refractivity contribution in [1.29, 1.82) is 0 Å². The van der Waals surface area contributed by atoms with Crippen molar-refractivity contribution in [1.82, 2.24) is 14.9 Å². The van der Waals surface area contributed by atoms with Crippen LogP contribution in [0.2, 0.25) is 0 Å². The van der Waals surface area contributed by atoms with Gasteiger partial charge >= 0.3 is 0 Å². The Morgan fingerprint density at radius 1 is 0.917 bits per heavy atom. The van der Waals surface area contributed by atoms with E-state index in [9.17, 15) is 0 Å². The van der Waals surface area contributed by atoms with Crippen molar-refractivity contribution in [2.45, 2.75) is 44.6 Å². The van der Waals surface area contributed by atoms with E-state index in [4.69, 9.17) is 4.98 Å². The molecule has 36 heavy (non-hydrogen) atoms. The van der Waals surface area contributed by atoms with E-state index in [0.717, 1.165) is 24.8 Å². The van der Waals surface area contributed by atoms with Gasteiger partial charge in [0, 0.05) is 30.6 Å². The van der Waals surface area contributed by atoms with Crippen LogP contribution in [0.3, 0.4) is 0 Å². The van der Waals surface area contributed by atoms with Crippen LogP contribution in [-0.4, -0.2) is 21.3 Å². The average Bonchev–Trinajstić information content (AvgIpc) is 3.67. The number of hydrogen-bond acceptors (Lipinski definition) is 2. The second-order valence-corrected chi connectivity index (χ2v) is 12.5. The van der Waals surface area contributed by atoms with Crippen LogP contribution >= 0.6 is 7.92 Å². The monoisotopic (exact) mass is 491 g/mol. The Kier molecular flexibility index (Phi) is 6.86. The maximum atomic E-state index is 4.70. The second-order valence-electron chi connectivity index (χ2n) is 10.2. The summed E-state index contributed by atoms with van der Waals surface area (Å²) in [5, 5.41) is 6.91. The lowest BCUT2D eigenvalue weighted by Crippen LogP contribution is -2.42. The summed E-state index contributed by atoms with van der Waals surface area (Å²) in [4.78, 5) is 4.70. The molecule has 2 aliphatic rings. The van der Waals surface area contributed by atoms with Crippen LogP contribution in [0.1, 0.15) is 31.2 Å². The minimum atomic E-state index is -0.463. The minimum Gasteiger partial charge on any atom is -0.329 e. The molecule has 2 aliphatic carbocycles. The molecule has 182 valence electrons. The second kappa shape index (κ2) is 10.5. The van der Waals surface area contributed by atoms with Crippen LogP contribution in [0.5, 0.6) is 0 Å². The molecule has 4 heteroatoms. The SMILES string of the molecule is C[C@H](NCc1nccn1Cc1ccccc1)C1[C@H]2CC=C(C2)[C@H]1P(c1ccccc1)c1ccccc1. The summed E-state index contributed by atoms with van der Waals surface area (Å²) in [6.45, 7) is 4.07. The van der Waals surface area contributed by atoms with Gasteiger partial charge in [-0.3, -0.25) is 0 Å². The fraction of sp³-hybridized carbons (Fsp3) is 0.281. The van der Waals surface area contributed by atoms with Crippen molar-refractivity contribution >= 4 is 18.5 Å². The van der Waals surface area contributed by atoms with Gasteiger partial charge < -0.3 is 9.88 Å². The fourth-order valence-electron chi connectivity index (χ4n) is 6.30. The molecule has 4 aromatic rings. The molecule has 0 spiro atoms. The Bertz CT molecular complexity index is 1260. The van der Waals surface area contributed by atoms with Crippen molar-refractivity contribution < 1.29 is 0 Å². The summed E-state index contributed by atoms with van der Waals surface area (Å²) < 4.78 is 2.27. The van der Waals surface area contributed by atoms with Crippen molar-refractivity contribution in [3.8, 4) is 0 Å². The number of rotatable bonds is 9. The predicted octanol–water partition coefficient (Wildman–Crippen LogP) is 5.88. The van der Waals surface area contributed by atoms with Crippen molar-refractivity contribution in [3.63, 3.8) is 0 Å². The number of nitrogens with one attached hydrogen (secondary N) is 1. The summed E-state index contributed by atoms with van der Waals surface area (Å²) in [5.41, 5.74) is 3.60. The first-order valence-electron chi connectivity index (χ1n) is 13.1. The molecule has 1 fully saturated rings. The van der Waals surface area contributed by atoms with Crippen LogP contribution in [0.4, 0.5) is 0 Å². The van der Waals surface area contributed by atoms with E-state index in [0.29, 0.717) is 17.6 Å². The molecule has 0 saturated heterocycles. The number of hydrogen-bond donors (Lipinski definition) is 1. The molecular weight excluding hydrogens is 457 g/mol. The van der Waals surface area contributed by atoms with Gasteiger partial charge in [0.1, 0.15) is 5.82 Å². The van der Waals surface area contributed by atoms with E-state index < -0.39 is 7.92 Å². The van der Waals surface area contributed by atoms with E-state index in [2.05, 4.69) is 120 Å². The Hall–Kier alpha value is -3.00. The number of aromatic nitrogens is 2. The molecule has 1 aromatic heterocycles. The van der Waals surface area contributed by atoms with Gasteiger partial charge in [0.05, 0.1) is 6.54 Å². The molecule has 4 atom stereocenters. The Morgan fingerprint density at radius 3 is 2.22 bits per heavy atom. The molecule has 0 amide bonds. The fourth-order valence-corrected chi connectivity index (χ4v) is 9.61. The van der Waals surface area contributed by atoms with Gasteiger partial charge in [0.15, 0.2) is 0 Å². The maximum Gasteiger partial charge on any atom is 0.122 e. The molecular formula is C32H34N3P. The molecule has 1 unspecified atom stereocenters. The zero-order valence-electron chi connectivity index (χ0n) is 20.9. The van der Waals surface area contributed by atoms with E-state index in [1.807, 2.05) is 6.20 Å². The largest absolute Gasteiger partial charge is 0.329 e. The summed E-state index contributed by atoms with van der Waals surface area (Å²) in [5.74, 6) is 2.49. The van der Waals surface area contributed by atoms with Gasteiger partial charge in [-0.25, -0.2) is 4.98 Å². The number of benzene rings is 3. The molecule has 1 heterocycles. The van der Waals surface area contributed by atoms with Crippen LogP contribution < -0.4 is 15.9 Å². The first kappa shape index (κ1) is 23.4. The van der Waals surface area contributed by atoms with Gasteiger partial charge in [0.25, 0.3) is 0 Å². The van der Waals surface area contributed by atoms with E-state index in [1.165, 1.54) is 29.0 Å². The highest BCUT2D eigenvalue weighted by Crippen LogP contribution is 2.59. The Morgan fingerprint density at radius 2 is 1.56 bits per heavy atom. The van der Waals surface area contributed by atoms with E-state index >= 15 is 0 Å². The number of fused-ring (bicyclic) bond motifs is 2. The van der Waals surface area contributed by atoms with Crippen LogP contribution in [-0.2, 0) is 13.1 Å². The molecule has 3 aromatic carbocycles. The van der Waals surface area contributed by atoms with E-state index in [1.54, 1.807) is 5.57 Å². The maximum absolute atomic E-state index is 4.70. The Balaban J connectivity index is 1.24. The molecule has 1 N–H and O–H groups in total. The molecule has 0 aliphatic heterocycles. The lowest BCUT2D eigenvalue weighted by atomic mass is 9.86. The highest BCUT2D eigenvalue weighted by molar-refractivity contribution is 7.73. The topological polar surface area (TPSA) is 29.9 Å². The standard InChI is InChI=1S/C32H34N3P/c1-24(34-22-30-33-19-20-35(30)23-25-11-5-2-6-12-25)31-26-17-18-27(21-26)32(31)36(28-13-7-3-8-14-28)29-15-9-4-10-16-29/h2-16,18-20,24,26,31-32,34H,17,21-23H2,1H3/t24-,26-,31?,32+/m0/s1.